The first-order chi connectivity index (χ1) is 25.8. The quantitative estimate of drug-likeness (QED) is 0.121. The summed E-state index contributed by atoms with van der Waals surface area (Å²) in [5.74, 6) is -0.285. The van der Waals surface area contributed by atoms with E-state index in [1.54, 1.807) is 0 Å². The van der Waals surface area contributed by atoms with Crippen molar-refractivity contribution in [2.75, 3.05) is 13.6 Å². The number of carbonyl (C=O) groups is 1. The van der Waals surface area contributed by atoms with Crippen LogP contribution in [0.4, 0.5) is 0 Å². The number of nitrogens with one attached hydrogen (secondary N) is 1. The summed E-state index contributed by atoms with van der Waals surface area (Å²) in [6, 6.07) is 41.2. The van der Waals surface area contributed by atoms with Gasteiger partial charge in [0.2, 0.25) is 0 Å². The molecule has 1 saturated heterocycles. The van der Waals surface area contributed by atoms with Crippen molar-refractivity contribution >= 4 is 16.9 Å². The second kappa shape index (κ2) is 16.6. The molecule has 7 rings (SSSR count). The molecule has 0 aliphatic carbocycles. The summed E-state index contributed by atoms with van der Waals surface area (Å²) in [6.07, 6.45) is 0.426. The van der Waals surface area contributed by atoms with Gasteiger partial charge in [-0.1, -0.05) is 103 Å². The molecule has 3 N–H and O–H groups in total. The lowest BCUT2D eigenvalue weighted by Crippen LogP contribution is -2.43. The van der Waals surface area contributed by atoms with Gasteiger partial charge in [0.05, 0.1) is 42.1 Å². The highest BCUT2D eigenvalue weighted by molar-refractivity contribution is 5.93. The minimum Gasteiger partial charge on any atom is -0.392 e. The van der Waals surface area contributed by atoms with Crippen molar-refractivity contribution in [2.24, 2.45) is 0 Å². The Morgan fingerprint density at radius 1 is 0.830 bits per heavy atom. The molecule has 1 aliphatic rings. The predicted molar refractivity (Wildman–Crippen MR) is 205 cm³/mol. The number of aromatic nitrogens is 2. The van der Waals surface area contributed by atoms with Crippen LogP contribution in [0.15, 0.2) is 134 Å². The smallest absolute Gasteiger partial charge is 0.271 e. The van der Waals surface area contributed by atoms with E-state index < -0.39 is 12.4 Å². The van der Waals surface area contributed by atoms with Crippen LogP contribution in [0.25, 0.3) is 22.2 Å². The molecule has 0 radical (unpaired) electrons. The standard InChI is InChI=1S/C44H44N4O5/c1-29(42(50)33-11-4-3-5-12-33)48(2)27-37-24-41(32-20-18-30(28-49)19-21-32)53-44(52-37)36-15-9-14-35(23-36)34-13-8-10-31(22-34)25-46-43(51)40-26-45-38-16-6-7-17-39(38)47-40/h3-23,26,29,37,41-42,44,49-50H,24-25,27-28H2,1-2H3,(H,46,51)/t29-,37+,41-,42-,44-/m1/s1. The highest BCUT2D eigenvalue weighted by Crippen LogP contribution is 2.39. The summed E-state index contributed by atoms with van der Waals surface area (Å²) in [6.45, 7) is 2.93. The fourth-order valence-corrected chi connectivity index (χ4v) is 6.76. The zero-order valence-electron chi connectivity index (χ0n) is 29.9. The van der Waals surface area contributed by atoms with Gasteiger partial charge in [-0.25, -0.2) is 4.98 Å². The number of nitrogens with zero attached hydrogens (tertiary/aromatic N) is 3. The molecule has 6 aromatic rings. The van der Waals surface area contributed by atoms with E-state index in [4.69, 9.17) is 9.47 Å². The summed E-state index contributed by atoms with van der Waals surface area (Å²) in [7, 11) is 2.01. The number of fused-ring (bicyclic) bond motifs is 1. The van der Waals surface area contributed by atoms with Gasteiger partial charge in [0.1, 0.15) is 5.69 Å². The minimum absolute atomic E-state index is 0.0217. The Labute approximate surface area is 309 Å². The van der Waals surface area contributed by atoms with Crippen LogP contribution in [0.3, 0.4) is 0 Å². The van der Waals surface area contributed by atoms with Gasteiger partial charge in [0.15, 0.2) is 6.29 Å². The normalized spacial score (nSPS) is 18.5. The van der Waals surface area contributed by atoms with E-state index in [0.29, 0.717) is 25.0 Å². The van der Waals surface area contributed by atoms with Crippen molar-refractivity contribution in [3.8, 4) is 11.1 Å². The molecular formula is C44H44N4O5. The van der Waals surface area contributed by atoms with Crippen molar-refractivity contribution < 1.29 is 24.5 Å². The van der Waals surface area contributed by atoms with Crippen LogP contribution in [0, 0.1) is 0 Å². The fourth-order valence-electron chi connectivity index (χ4n) is 6.76. The zero-order chi connectivity index (χ0) is 36.7. The van der Waals surface area contributed by atoms with Crippen LogP contribution in [-0.4, -0.2) is 56.7 Å². The number of amides is 1. The number of carbonyl (C=O) groups excluding carboxylic acids is 1. The Bertz CT molecular complexity index is 2140. The molecule has 5 atom stereocenters. The molecule has 9 heteroatoms. The second-order valence-electron chi connectivity index (χ2n) is 13.6. The van der Waals surface area contributed by atoms with E-state index in [0.717, 1.165) is 44.5 Å². The van der Waals surface area contributed by atoms with Crippen molar-refractivity contribution in [3.05, 3.63) is 167 Å². The van der Waals surface area contributed by atoms with Crippen molar-refractivity contribution in [1.82, 2.24) is 20.2 Å². The van der Waals surface area contributed by atoms with Crippen LogP contribution in [0.1, 0.15) is 70.1 Å². The number of aliphatic hydroxyl groups is 2. The van der Waals surface area contributed by atoms with E-state index in [1.165, 1.54) is 6.20 Å². The molecule has 1 fully saturated rings. The summed E-state index contributed by atoms with van der Waals surface area (Å²) in [5.41, 5.74) is 8.24. The van der Waals surface area contributed by atoms with Crippen molar-refractivity contribution in [1.29, 1.82) is 0 Å². The maximum Gasteiger partial charge on any atom is 0.271 e. The van der Waals surface area contributed by atoms with Gasteiger partial charge >= 0.3 is 0 Å². The maximum atomic E-state index is 13.0. The topological polar surface area (TPSA) is 117 Å². The Hall–Kier alpha value is -5.29. The zero-order valence-corrected chi connectivity index (χ0v) is 29.9. The largest absolute Gasteiger partial charge is 0.392 e. The number of likely N-dealkylation sites (N-methyl/N-ethyl adjacent to an activating group) is 1. The van der Waals surface area contributed by atoms with Crippen LogP contribution < -0.4 is 5.32 Å². The molecule has 1 aliphatic heterocycles. The van der Waals surface area contributed by atoms with Gasteiger partial charge in [-0.3, -0.25) is 14.7 Å². The maximum absolute atomic E-state index is 13.0. The average molecular weight is 709 g/mol. The second-order valence-corrected chi connectivity index (χ2v) is 13.6. The van der Waals surface area contributed by atoms with Gasteiger partial charge in [0.25, 0.3) is 5.91 Å². The van der Waals surface area contributed by atoms with Gasteiger partial charge in [-0.2, -0.15) is 0 Å². The molecule has 53 heavy (non-hydrogen) atoms. The summed E-state index contributed by atoms with van der Waals surface area (Å²) in [5, 5.41) is 23.7. The molecule has 0 saturated carbocycles. The third kappa shape index (κ3) is 8.68. The summed E-state index contributed by atoms with van der Waals surface area (Å²) < 4.78 is 13.3. The third-order valence-corrected chi connectivity index (χ3v) is 9.95. The predicted octanol–water partition coefficient (Wildman–Crippen LogP) is 7.32. The van der Waals surface area contributed by atoms with Crippen LogP contribution in [0.5, 0.6) is 0 Å². The summed E-state index contributed by atoms with van der Waals surface area (Å²) >= 11 is 0. The van der Waals surface area contributed by atoms with E-state index in [9.17, 15) is 15.0 Å². The fraction of sp³-hybridized carbons (Fsp3) is 0.250. The van der Waals surface area contributed by atoms with Crippen LogP contribution in [-0.2, 0) is 22.6 Å². The van der Waals surface area contributed by atoms with Crippen molar-refractivity contribution in [3.63, 3.8) is 0 Å². The van der Waals surface area contributed by atoms with Crippen LogP contribution >= 0.6 is 0 Å². The van der Waals surface area contributed by atoms with Gasteiger partial charge < -0.3 is 25.0 Å². The van der Waals surface area contributed by atoms with E-state index in [-0.39, 0.29) is 36.5 Å². The molecular weight excluding hydrogens is 665 g/mol. The lowest BCUT2D eigenvalue weighted by Gasteiger charge is -2.39. The molecule has 5 aromatic carbocycles. The third-order valence-electron chi connectivity index (χ3n) is 9.95. The van der Waals surface area contributed by atoms with Gasteiger partial charge in [0, 0.05) is 31.1 Å². The van der Waals surface area contributed by atoms with E-state index in [1.807, 2.05) is 123 Å². The molecule has 2 heterocycles. The van der Waals surface area contributed by atoms with Crippen molar-refractivity contribution in [2.45, 2.75) is 57.1 Å². The first-order valence-electron chi connectivity index (χ1n) is 18.0. The first kappa shape index (κ1) is 36.1. The van der Waals surface area contributed by atoms with E-state index >= 15 is 0 Å². The average Bonchev–Trinajstić information content (AvgIpc) is 3.22. The SMILES string of the molecule is C[C@H]([C@@H](O)c1ccccc1)N(C)C[C@@H]1C[C@H](c2ccc(CO)cc2)O[C@H](c2cccc(-c3cccc(CNC(=O)c4cnc5ccccc5n4)c3)c2)O1. The highest BCUT2D eigenvalue weighted by Gasteiger charge is 2.34. The number of benzene rings is 5. The van der Waals surface area contributed by atoms with Crippen LogP contribution in [0.2, 0.25) is 0 Å². The number of ether oxygens (including phenoxy) is 2. The monoisotopic (exact) mass is 708 g/mol. The molecule has 0 spiro atoms. The van der Waals surface area contributed by atoms with Gasteiger partial charge in [-0.15, -0.1) is 0 Å². The number of aliphatic hydroxyl groups excluding tert-OH is 2. The number of rotatable bonds is 12. The van der Waals surface area contributed by atoms with E-state index in [2.05, 4.69) is 38.4 Å². The highest BCUT2D eigenvalue weighted by atomic mass is 16.7. The Morgan fingerprint density at radius 3 is 2.32 bits per heavy atom. The Kier molecular flexibility index (Phi) is 11.3. The minimum atomic E-state index is -0.646. The number of hydrogen-bond donors (Lipinski definition) is 3. The molecule has 1 amide bonds. The van der Waals surface area contributed by atoms with Gasteiger partial charge in [-0.05, 0) is 71.6 Å². The molecule has 0 bridgehead atoms. The molecule has 1 aromatic heterocycles. The lowest BCUT2D eigenvalue weighted by molar-refractivity contribution is -0.253. The first-order valence-corrected chi connectivity index (χ1v) is 18.0. The summed E-state index contributed by atoms with van der Waals surface area (Å²) in [4.78, 5) is 23.9. The molecule has 270 valence electrons. The number of hydrogen-bond acceptors (Lipinski definition) is 8. The Balaban J connectivity index is 1.07. The number of para-hydroxylation sites is 2. The lowest BCUT2D eigenvalue weighted by atomic mass is 9.97. The Morgan fingerprint density at radius 2 is 1.55 bits per heavy atom. The molecule has 9 nitrogen and oxygen atoms in total. The molecule has 0 unspecified atom stereocenters.